The highest BCUT2D eigenvalue weighted by molar-refractivity contribution is 9.10. The molecule has 2 atom stereocenters. The van der Waals surface area contributed by atoms with Crippen LogP contribution in [0.25, 0.3) is 0 Å². The molecular weight excluding hydrogens is 396 g/mol. The molecule has 0 aliphatic heterocycles. The number of carbonyl (C=O) groups excluding carboxylic acids is 1. The monoisotopic (exact) mass is 418 g/mol. The van der Waals surface area contributed by atoms with Crippen molar-refractivity contribution in [2.45, 2.75) is 44.7 Å². The van der Waals surface area contributed by atoms with Gasteiger partial charge in [-0.25, -0.2) is 9.97 Å². The second-order valence-corrected chi connectivity index (χ2v) is 7.43. The number of pyridine rings is 2. The Kier molecular flexibility index (Phi) is 5.73. The van der Waals surface area contributed by atoms with Gasteiger partial charge in [0.1, 0.15) is 5.82 Å². The van der Waals surface area contributed by atoms with E-state index in [1.807, 2.05) is 25.1 Å². The van der Waals surface area contributed by atoms with Crippen molar-refractivity contribution in [3.63, 3.8) is 0 Å². The minimum absolute atomic E-state index is 0.117. The van der Waals surface area contributed by atoms with E-state index in [4.69, 9.17) is 11.5 Å². The largest absolute Gasteiger partial charge is 0.379 e. The molecule has 0 saturated heterocycles. The summed E-state index contributed by atoms with van der Waals surface area (Å²) in [6, 6.07) is 5.86. The Morgan fingerprint density at radius 3 is 2.77 bits per heavy atom. The highest BCUT2D eigenvalue weighted by Gasteiger charge is 2.22. The maximum atomic E-state index is 11.7. The van der Waals surface area contributed by atoms with Crippen molar-refractivity contribution in [3.05, 3.63) is 40.3 Å². The molecule has 1 fully saturated rings. The van der Waals surface area contributed by atoms with E-state index in [9.17, 15) is 4.79 Å². The first-order valence-electron chi connectivity index (χ1n) is 8.66. The molecule has 1 saturated carbocycles. The van der Waals surface area contributed by atoms with Crippen LogP contribution in [0.4, 0.5) is 17.2 Å². The van der Waals surface area contributed by atoms with E-state index >= 15 is 0 Å². The fourth-order valence-electron chi connectivity index (χ4n) is 3.14. The number of hydrogen-bond acceptors (Lipinski definition) is 6. The number of halogens is 1. The number of nitrogens with two attached hydrogens (primary N) is 2. The number of nitrogens with one attached hydrogen (secondary N) is 2. The summed E-state index contributed by atoms with van der Waals surface area (Å²) >= 11 is 3.43. The standard InChI is InChI=1S/C18H23BrN6O/c1-10-12(19)6-7-16(23-10)25-15-8-11(9-22-17(15)18(21)26)24-14-5-3-2-4-13(14)20/h6-9,13-14,24H,2-5,20H2,1H3,(H2,21,26)(H,23,25)/t13-,14+/m0/s1. The van der Waals surface area contributed by atoms with Gasteiger partial charge >= 0.3 is 0 Å². The molecule has 26 heavy (non-hydrogen) atoms. The first kappa shape index (κ1) is 18.6. The van der Waals surface area contributed by atoms with E-state index in [2.05, 4.69) is 36.5 Å². The number of nitrogens with zero attached hydrogens (tertiary/aromatic N) is 2. The molecule has 7 nitrogen and oxygen atoms in total. The SMILES string of the molecule is Cc1nc(Nc2cc(N[C@@H]3CCCC[C@@H]3N)cnc2C(N)=O)ccc1Br. The van der Waals surface area contributed by atoms with Crippen LogP contribution >= 0.6 is 15.9 Å². The fraction of sp³-hybridized carbons (Fsp3) is 0.389. The van der Waals surface area contributed by atoms with Crippen LogP contribution in [-0.2, 0) is 0 Å². The first-order chi connectivity index (χ1) is 12.4. The van der Waals surface area contributed by atoms with Crippen molar-refractivity contribution in [3.8, 4) is 0 Å². The number of aromatic nitrogens is 2. The summed E-state index contributed by atoms with van der Waals surface area (Å²) in [6.07, 6.45) is 5.98. The van der Waals surface area contributed by atoms with Crippen LogP contribution in [0, 0.1) is 6.92 Å². The van der Waals surface area contributed by atoms with Crippen molar-refractivity contribution in [1.82, 2.24) is 9.97 Å². The molecular formula is C18H23BrN6O. The molecule has 1 aliphatic carbocycles. The predicted molar refractivity (Wildman–Crippen MR) is 107 cm³/mol. The van der Waals surface area contributed by atoms with E-state index in [-0.39, 0.29) is 17.8 Å². The topological polar surface area (TPSA) is 119 Å². The zero-order chi connectivity index (χ0) is 18.7. The van der Waals surface area contributed by atoms with Gasteiger partial charge in [0.05, 0.1) is 23.3 Å². The van der Waals surface area contributed by atoms with Gasteiger partial charge in [0.15, 0.2) is 5.69 Å². The van der Waals surface area contributed by atoms with E-state index < -0.39 is 5.91 Å². The van der Waals surface area contributed by atoms with Gasteiger partial charge in [0.25, 0.3) is 5.91 Å². The minimum atomic E-state index is -0.595. The second kappa shape index (κ2) is 8.01. The van der Waals surface area contributed by atoms with Crippen LogP contribution in [-0.4, -0.2) is 28.0 Å². The van der Waals surface area contributed by atoms with E-state index in [0.29, 0.717) is 11.5 Å². The van der Waals surface area contributed by atoms with Gasteiger partial charge in [-0.1, -0.05) is 12.8 Å². The lowest BCUT2D eigenvalue weighted by molar-refractivity contribution is 0.0996. The molecule has 3 rings (SSSR count). The fourth-order valence-corrected chi connectivity index (χ4v) is 3.36. The zero-order valence-electron chi connectivity index (χ0n) is 14.6. The third-order valence-corrected chi connectivity index (χ3v) is 5.41. The molecule has 0 unspecified atom stereocenters. The molecule has 0 bridgehead atoms. The minimum Gasteiger partial charge on any atom is -0.379 e. The maximum Gasteiger partial charge on any atom is 0.269 e. The number of amides is 1. The number of primary amides is 1. The van der Waals surface area contributed by atoms with E-state index in [1.54, 1.807) is 6.20 Å². The molecule has 0 spiro atoms. The lowest BCUT2D eigenvalue weighted by atomic mass is 9.91. The quantitative estimate of drug-likeness (QED) is 0.592. The third kappa shape index (κ3) is 4.31. The summed E-state index contributed by atoms with van der Waals surface area (Å²) in [4.78, 5) is 20.4. The van der Waals surface area contributed by atoms with Gasteiger partial charge in [-0.2, -0.15) is 0 Å². The Morgan fingerprint density at radius 1 is 1.31 bits per heavy atom. The first-order valence-corrected chi connectivity index (χ1v) is 9.45. The molecule has 138 valence electrons. The molecule has 1 aliphatic rings. The normalized spacial score (nSPS) is 19.8. The highest BCUT2D eigenvalue weighted by atomic mass is 79.9. The summed E-state index contributed by atoms with van der Waals surface area (Å²) in [5.74, 6) is 0.0174. The van der Waals surface area contributed by atoms with Gasteiger partial charge in [-0.05, 0) is 53.9 Å². The van der Waals surface area contributed by atoms with Crippen LogP contribution in [0.5, 0.6) is 0 Å². The van der Waals surface area contributed by atoms with Crippen LogP contribution in [0.15, 0.2) is 28.9 Å². The summed E-state index contributed by atoms with van der Waals surface area (Å²) in [5.41, 5.74) is 14.0. The molecule has 0 radical (unpaired) electrons. The third-order valence-electron chi connectivity index (χ3n) is 4.58. The van der Waals surface area contributed by atoms with E-state index in [0.717, 1.165) is 35.1 Å². The average molecular weight is 419 g/mol. The Labute approximate surface area is 161 Å². The number of hydrogen-bond donors (Lipinski definition) is 4. The van der Waals surface area contributed by atoms with Gasteiger partial charge in [0, 0.05) is 16.6 Å². The van der Waals surface area contributed by atoms with Gasteiger partial charge in [-0.15, -0.1) is 0 Å². The summed E-state index contributed by atoms with van der Waals surface area (Å²) in [7, 11) is 0. The van der Waals surface area contributed by atoms with Crippen molar-refractivity contribution in [2.75, 3.05) is 10.6 Å². The van der Waals surface area contributed by atoms with Crippen LogP contribution < -0.4 is 22.1 Å². The number of carbonyl (C=O) groups is 1. The highest BCUT2D eigenvalue weighted by Crippen LogP contribution is 2.26. The lowest BCUT2D eigenvalue weighted by Crippen LogP contribution is -2.42. The summed E-state index contributed by atoms with van der Waals surface area (Å²) in [6.45, 7) is 1.89. The summed E-state index contributed by atoms with van der Waals surface area (Å²) < 4.78 is 0.915. The van der Waals surface area contributed by atoms with Crippen LogP contribution in [0.3, 0.4) is 0 Å². The number of rotatable bonds is 5. The summed E-state index contributed by atoms with van der Waals surface area (Å²) in [5, 5.41) is 6.58. The smallest absolute Gasteiger partial charge is 0.269 e. The zero-order valence-corrected chi connectivity index (χ0v) is 16.2. The van der Waals surface area contributed by atoms with Crippen molar-refractivity contribution in [2.24, 2.45) is 11.5 Å². The van der Waals surface area contributed by atoms with Crippen molar-refractivity contribution in [1.29, 1.82) is 0 Å². The van der Waals surface area contributed by atoms with Gasteiger partial charge < -0.3 is 22.1 Å². The Bertz CT molecular complexity index is 812. The molecule has 1 amide bonds. The second-order valence-electron chi connectivity index (χ2n) is 6.57. The molecule has 2 heterocycles. The Hall–Kier alpha value is -2.19. The van der Waals surface area contributed by atoms with Crippen molar-refractivity contribution >= 4 is 39.0 Å². The lowest BCUT2D eigenvalue weighted by Gasteiger charge is -2.30. The van der Waals surface area contributed by atoms with E-state index in [1.165, 1.54) is 6.42 Å². The van der Waals surface area contributed by atoms with Crippen LogP contribution in [0.2, 0.25) is 0 Å². The average Bonchev–Trinajstić information content (AvgIpc) is 2.60. The Morgan fingerprint density at radius 2 is 2.08 bits per heavy atom. The van der Waals surface area contributed by atoms with Gasteiger partial charge in [0.2, 0.25) is 0 Å². The predicted octanol–water partition coefficient (Wildman–Crippen LogP) is 3.07. The number of aryl methyl sites for hydroxylation is 1. The van der Waals surface area contributed by atoms with Crippen LogP contribution in [0.1, 0.15) is 41.9 Å². The molecule has 8 heteroatoms. The number of anilines is 3. The molecule has 2 aromatic rings. The Balaban J connectivity index is 1.86. The molecule has 0 aromatic carbocycles. The van der Waals surface area contributed by atoms with Crippen molar-refractivity contribution < 1.29 is 4.79 Å². The van der Waals surface area contributed by atoms with Gasteiger partial charge in [-0.3, -0.25) is 4.79 Å². The molecule has 2 aromatic heterocycles. The maximum absolute atomic E-state index is 11.7. The molecule has 6 N–H and O–H groups in total.